The van der Waals surface area contributed by atoms with E-state index >= 15 is 0 Å². The van der Waals surface area contributed by atoms with Crippen LogP contribution in [0.25, 0.3) is 0 Å². The smallest absolute Gasteiger partial charge is 0.222 e. The summed E-state index contributed by atoms with van der Waals surface area (Å²) in [7, 11) is 0. The number of rotatable bonds is 6. The molecule has 1 N–H and O–H groups in total. The number of benzene rings is 3. The van der Waals surface area contributed by atoms with E-state index in [9.17, 15) is 4.79 Å². The van der Waals surface area contributed by atoms with Crippen molar-refractivity contribution in [2.45, 2.75) is 32.5 Å². The minimum Gasteiger partial charge on any atom is -0.489 e. The number of hydrogen-bond acceptors (Lipinski definition) is 3. The third-order valence-electron chi connectivity index (χ3n) is 5.34. The minimum absolute atomic E-state index is 0.00633. The Balaban J connectivity index is 1.46. The maximum Gasteiger partial charge on any atom is 0.222 e. The Hall–Kier alpha value is -2.98. The lowest BCUT2D eigenvalue weighted by Gasteiger charge is -2.38. The molecule has 0 fully saturated rings. The molecule has 0 unspecified atom stereocenters. The summed E-state index contributed by atoms with van der Waals surface area (Å²) in [5.41, 5.74) is 4.50. The van der Waals surface area contributed by atoms with Gasteiger partial charge in [0.05, 0.1) is 18.2 Å². The highest BCUT2D eigenvalue weighted by Gasteiger charge is 2.29. The van der Waals surface area contributed by atoms with Crippen LogP contribution < -0.4 is 15.0 Å². The van der Waals surface area contributed by atoms with Gasteiger partial charge in [-0.05, 0) is 42.3 Å². The number of fused-ring (bicyclic) bond motifs is 1. The van der Waals surface area contributed by atoms with E-state index in [4.69, 9.17) is 16.3 Å². The van der Waals surface area contributed by atoms with Crippen LogP contribution >= 0.6 is 11.6 Å². The molecule has 0 radical (unpaired) electrons. The van der Waals surface area contributed by atoms with E-state index in [0.717, 1.165) is 23.5 Å². The number of para-hydroxylation sites is 2. The first-order valence-electron chi connectivity index (χ1n) is 10.1. The number of aryl methyl sites for hydroxylation is 1. The second kappa shape index (κ2) is 9.23. The molecule has 0 aromatic heterocycles. The molecule has 0 saturated carbocycles. The van der Waals surface area contributed by atoms with Gasteiger partial charge in [-0.25, -0.2) is 0 Å². The largest absolute Gasteiger partial charge is 0.489 e. The summed E-state index contributed by atoms with van der Waals surface area (Å²) in [4.78, 5) is 15.0. The molecular formula is C25H25ClN2O2. The average Bonchev–Trinajstić information content (AvgIpc) is 2.76. The van der Waals surface area contributed by atoms with Gasteiger partial charge in [-0.15, -0.1) is 0 Å². The number of carbonyl (C=O) groups is 1. The number of anilines is 1. The second-order valence-corrected chi connectivity index (χ2v) is 8.09. The zero-order valence-electron chi connectivity index (χ0n) is 17.0. The van der Waals surface area contributed by atoms with Crippen LogP contribution in [0.15, 0.2) is 72.8 Å². The number of carbonyl (C=O) groups excluding carboxylic acids is 1. The third kappa shape index (κ3) is 4.95. The highest BCUT2D eigenvalue weighted by molar-refractivity contribution is 6.30. The van der Waals surface area contributed by atoms with Gasteiger partial charge in [-0.2, -0.15) is 0 Å². The molecule has 1 amide bonds. The van der Waals surface area contributed by atoms with E-state index < -0.39 is 0 Å². The zero-order chi connectivity index (χ0) is 20.9. The molecule has 5 heteroatoms. The summed E-state index contributed by atoms with van der Waals surface area (Å²) in [5.74, 6) is 0.870. The Morgan fingerprint density at radius 1 is 1.03 bits per heavy atom. The Bertz CT molecular complexity index is 1000. The van der Waals surface area contributed by atoms with Crippen LogP contribution in [-0.4, -0.2) is 18.6 Å². The predicted octanol–water partition coefficient (Wildman–Crippen LogP) is 5.12. The van der Waals surface area contributed by atoms with E-state index in [1.807, 2.05) is 42.5 Å². The molecule has 3 aromatic carbocycles. The average molecular weight is 421 g/mol. The fourth-order valence-electron chi connectivity index (χ4n) is 3.65. The molecule has 3 aromatic rings. The summed E-state index contributed by atoms with van der Waals surface area (Å²) in [6.45, 7) is 3.78. The fourth-order valence-corrected chi connectivity index (χ4v) is 3.78. The Kier molecular flexibility index (Phi) is 6.24. The first-order valence-corrected chi connectivity index (χ1v) is 10.5. The van der Waals surface area contributed by atoms with Crippen LogP contribution in [0.2, 0.25) is 5.02 Å². The van der Waals surface area contributed by atoms with Crippen LogP contribution in [0, 0.1) is 6.92 Å². The Morgan fingerprint density at radius 2 is 1.73 bits per heavy atom. The number of hydrogen-bond donors (Lipinski definition) is 1. The number of nitrogens with one attached hydrogen (secondary N) is 1. The molecule has 0 saturated heterocycles. The summed E-state index contributed by atoms with van der Waals surface area (Å²) < 4.78 is 5.96. The van der Waals surface area contributed by atoms with Crippen molar-refractivity contribution in [3.8, 4) is 5.75 Å². The SMILES string of the molecule is Cc1ccc(CN2c3ccccc3OC[C@@H]2CC(=O)NCc2ccc(Cl)cc2)cc1. The number of halogens is 1. The quantitative estimate of drug-likeness (QED) is 0.601. The van der Waals surface area contributed by atoms with E-state index in [1.165, 1.54) is 11.1 Å². The van der Waals surface area contributed by atoms with Crippen LogP contribution in [-0.2, 0) is 17.9 Å². The molecule has 1 heterocycles. The van der Waals surface area contributed by atoms with Crippen molar-refractivity contribution in [2.24, 2.45) is 0 Å². The molecular weight excluding hydrogens is 396 g/mol. The highest BCUT2D eigenvalue weighted by Crippen LogP contribution is 2.35. The van der Waals surface area contributed by atoms with Gasteiger partial charge in [0.15, 0.2) is 0 Å². The van der Waals surface area contributed by atoms with Crippen LogP contribution in [0.3, 0.4) is 0 Å². The first kappa shape index (κ1) is 20.3. The van der Waals surface area contributed by atoms with Gasteiger partial charge in [-0.3, -0.25) is 4.79 Å². The molecule has 30 heavy (non-hydrogen) atoms. The first-order chi connectivity index (χ1) is 14.6. The maximum atomic E-state index is 12.7. The predicted molar refractivity (Wildman–Crippen MR) is 121 cm³/mol. The van der Waals surface area contributed by atoms with Crippen molar-refractivity contribution in [3.05, 3.63) is 94.5 Å². The molecule has 0 spiro atoms. The third-order valence-corrected chi connectivity index (χ3v) is 5.60. The van der Waals surface area contributed by atoms with E-state index in [2.05, 4.69) is 47.5 Å². The minimum atomic E-state index is -0.0357. The lowest BCUT2D eigenvalue weighted by molar-refractivity contribution is -0.121. The van der Waals surface area contributed by atoms with Crippen LogP contribution in [0.4, 0.5) is 5.69 Å². The van der Waals surface area contributed by atoms with Gasteiger partial charge in [0.2, 0.25) is 5.91 Å². The lowest BCUT2D eigenvalue weighted by Crippen LogP contribution is -2.45. The van der Waals surface area contributed by atoms with Crippen molar-refractivity contribution in [3.63, 3.8) is 0 Å². The molecule has 4 nitrogen and oxygen atoms in total. The molecule has 154 valence electrons. The van der Waals surface area contributed by atoms with Crippen molar-refractivity contribution in [2.75, 3.05) is 11.5 Å². The monoisotopic (exact) mass is 420 g/mol. The Labute approximate surface area is 182 Å². The lowest BCUT2D eigenvalue weighted by atomic mass is 10.1. The van der Waals surface area contributed by atoms with Crippen LogP contribution in [0.1, 0.15) is 23.1 Å². The van der Waals surface area contributed by atoms with Gasteiger partial charge in [0.1, 0.15) is 12.4 Å². The van der Waals surface area contributed by atoms with Gasteiger partial charge in [0, 0.05) is 18.1 Å². The van der Waals surface area contributed by atoms with Crippen LogP contribution in [0.5, 0.6) is 5.75 Å². The van der Waals surface area contributed by atoms with Gasteiger partial charge < -0.3 is 15.0 Å². The standard InChI is InChI=1S/C25H25ClN2O2/c1-18-6-8-20(9-7-18)16-28-22(17-30-24-5-3-2-4-23(24)28)14-25(29)27-15-19-10-12-21(26)13-11-19/h2-13,22H,14-17H2,1H3,(H,27,29)/t22-/m0/s1. The molecule has 1 aliphatic rings. The zero-order valence-corrected chi connectivity index (χ0v) is 17.7. The Morgan fingerprint density at radius 3 is 2.50 bits per heavy atom. The van der Waals surface area contributed by atoms with Crippen molar-refractivity contribution >= 4 is 23.2 Å². The fraction of sp³-hybridized carbons (Fsp3) is 0.240. The normalized spacial score (nSPS) is 15.3. The topological polar surface area (TPSA) is 41.6 Å². The van der Waals surface area contributed by atoms with E-state index in [1.54, 1.807) is 0 Å². The van der Waals surface area contributed by atoms with E-state index in [-0.39, 0.29) is 11.9 Å². The van der Waals surface area contributed by atoms with Gasteiger partial charge in [-0.1, -0.05) is 65.7 Å². The maximum absolute atomic E-state index is 12.7. The van der Waals surface area contributed by atoms with Crippen molar-refractivity contribution in [1.82, 2.24) is 5.32 Å². The van der Waals surface area contributed by atoms with Crippen molar-refractivity contribution in [1.29, 1.82) is 0 Å². The van der Waals surface area contributed by atoms with Gasteiger partial charge >= 0.3 is 0 Å². The van der Waals surface area contributed by atoms with Gasteiger partial charge in [0.25, 0.3) is 0 Å². The van der Waals surface area contributed by atoms with Crippen molar-refractivity contribution < 1.29 is 9.53 Å². The number of nitrogens with zero attached hydrogens (tertiary/aromatic N) is 1. The molecule has 1 atom stereocenters. The number of amides is 1. The van der Waals surface area contributed by atoms with E-state index in [0.29, 0.717) is 24.6 Å². The second-order valence-electron chi connectivity index (χ2n) is 7.65. The summed E-state index contributed by atoms with van der Waals surface area (Å²) >= 11 is 5.93. The summed E-state index contributed by atoms with van der Waals surface area (Å²) in [5, 5.41) is 3.71. The molecule has 1 aliphatic heterocycles. The summed E-state index contributed by atoms with van der Waals surface area (Å²) in [6, 6.07) is 24.0. The molecule has 4 rings (SSSR count). The number of ether oxygens (including phenoxy) is 1. The molecule has 0 aliphatic carbocycles. The highest BCUT2D eigenvalue weighted by atomic mass is 35.5. The summed E-state index contributed by atoms with van der Waals surface area (Å²) in [6.07, 6.45) is 0.369. The molecule has 0 bridgehead atoms.